The summed E-state index contributed by atoms with van der Waals surface area (Å²) in [5, 5.41) is 13.0. The van der Waals surface area contributed by atoms with Crippen molar-refractivity contribution in [2.75, 3.05) is 26.2 Å². The standard InChI is InChI=1S/C20H36N6/c1-2-8-19(20-21-22-23-26(20)18-11-6-7-12-18)25-15-13-24(14-16-25)17-9-4-3-5-10-17/h17-19H,2-16H2,1H3/t19-/m1/s1. The minimum absolute atomic E-state index is 0.393. The van der Waals surface area contributed by atoms with Crippen LogP contribution in [-0.2, 0) is 0 Å². The fourth-order valence-electron chi connectivity index (χ4n) is 5.44. The first-order chi connectivity index (χ1) is 12.9. The van der Waals surface area contributed by atoms with Crippen molar-refractivity contribution in [3.8, 4) is 0 Å². The Hall–Kier alpha value is -1.01. The Morgan fingerprint density at radius 1 is 0.885 bits per heavy atom. The molecule has 6 heteroatoms. The normalized spacial score (nSPS) is 25.7. The zero-order chi connectivity index (χ0) is 17.8. The van der Waals surface area contributed by atoms with Crippen molar-refractivity contribution < 1.29 is 0 Å². The van der Waals surface area contributed by atoms with Crippen LogP contribution in [0.15, 0.2) is 0 Å². The van der Waals surface area contributed by atoms with Gasteiger partial charge in [0.25, 0.3) is 0 Å². The van der Waals surface area contributed by atoms with Gasteiger partial charge in [0.15, 0.2) is 5.82 Å². The van der Waals surface area contributed by atoms with Crippen LogP contribution in [0.5, 0.6) is 0 Å². The van der Waals surface area contributed by atoms with Gasteiger partial charge in [-0.2, -0.15) is 0 Å². The third-order valence-electron chi connectivity index (χ3n) is 6.93. The first kappa shape index (κ1) is 18.4. The molecule has 0 bridgehead atoms. The molecule has 0 aromatic carbocycles. The monoisotopic (exact) mass is 360 g/mol. The molecule has 3 aliphatic rings. The Kier molecular flexibility index (Phi) is 6.20. The van der Waals surface area contributed by atoms with Gasteiger partial charge in [-0.25, -0.2) is 4.68 Å². The summed E-state index contributed by atoms with van der Waals surface area (Å²) in [5.74, 6) is 1.13. The molecule has 0 radical (unpaired) electrons. The molecule has 1 aliphatic heterocycles. The van der Waals surface area contributed by atoms with Crippen LogP contribution in [0.1, 0.15) is 95.5 Å². The number of piperazine rings is 1. The highest BCUT2D eigenvalue weighted by molar-refractivity contribution is 4.98. The Morgan fingerprint density at radius 3 is 2.23 bits per heavy atom. The average molecular weight is 361 g/mol. The zero-order valence-corrected chi connectivity index (χ0v) is 16.5. The molecule has 3 fully saturated rings. The molecular formula is C20H36N6. The van der Waals surface area contributed by atoms with E-state index in [4.69, 9.17) is 0 Å². The first-order valence-electron chi connectivity index (χ1n) is 11.1. The highest BCUT2D eigenvalue weighted by atomic mass is 15.6. The second kappa shape index (κ2) is 8.79. The lowest BCUT2D eigenvalue weighted by Gasteiger charge is -2.43. The van der Waals surface area contributed by atoms with E-state index in [9.17, 15) is 0 Å². The molecule has 0 spiro atoms. The summed E-state index contributed by atoms with van der Waals surface area (Å²) in [6.45, 7) is 7.05. The molecule has 1 aromatic rings. The summed E-state index contributed by atoms with van der Waals surface area (Å²) >= 11 is 0. The topological polar surface area (TPSA) is 50.1 Å². The SMILES string of the molecule is CCC[C@H](c1nnnn1C1CCCC1)N1CCN(C2CCCCC2)CC1. The molecule has 1 aromatic heterocycles. The van der Waals surface area contributed by atoms with Gasteiger partial charge < -0.3 is 0 Å². The summed E-state index contributed by atoms with van der Waals surface area (Å²) in [7, 11) is 0. The Labute approximate surface area is 158 Å². The Morgan fingerprint density at radius 2 is 1.54 bits per heavy atom. The molecule has 2 saturated carbocycles. The lowest BCUT2D eigenvalue weighted by molar-refractivity contribution is 0.0495. The van der Waals surface area contributed by atoms with Gasteiger partial charge in [0.05, 0.1) is 12.1 Å². The zero-order valence-electron chi connectivity index (χ0n) is 16.5. The van der Waals surface area contributed by atoms with E-state index < -0.39 is 0 Å². The number of aromatic nitrogens is 4. The van der Waals surface area contributed by atoms with E-state index in [1.54, 1.807) is 0 Å². The van der Waals surface area contributed by atoms with Crippen LogP contribution < -0.4 is 0 Å². The molecule has 0 amide bonds. The second-order valence-electron chi connectivity index (χ2n) is 8.59. The predicted octanol–water partition coefficient (Wildman–Crippen LogP) is 3.58. The number of nitrogens with zero attached hydrogens (tertiary/aromatic N) is 6. The van der Waals surface area contributed by atoms with Crippen molar-refractivity contribution in [1.29, 1.82) is 0 Å². The van der Waals surface area contributed by atoms with Crippen molar-refractivity contribution in [2.45, 2.75) is 95.7 Å². The third-order valence-corrected chi connectivity index (χ3v) is 6.93. The largest absolute Gasteiger partial charge is 0.298 e. The van der Waals surface area contributed by atoms with E-state index in [0.29, 0.717) is 12.1 Å². The van der Waals surface area contributed by atoms with Gasteiger partial charge in [-0.15, -0.1) is 5.10 Å². The Bertz CT molecular complexity index is 538. The molecule has 1 atom stereocenters. The molecule has 26 heavy (non-hydrogen) atoms. The van der Waals surface area contributed by atoms with Gasteiger partial charge >= 0.3 is 0 Å². The van der Waals surface area contributed by atoms with Crippen molar-refractivity contribution in [1.82, 2.24) is 30.0 Å². The van der Waals surface area contributed by atoms with Crippen LogP contribution in [-0.4, -0.2) is 62.2 Å². The van der Waals surface area contributed by atoms with Gasteiger partial charge in [0.1, 0.15) is 0 Å². The smallest absolute Gasteiger partial charge is 0.168 e. The maximum absolute atomic E-state index is 4.51. The molecule has 146 valence electrons. The van der Waals surface area contributed by atoms with E-state index in [2.05, 4.69) is 36.9 Å². The summed E-state index contributed by atoms with van der Waals surface area (Å²) in [6.07, 6.45) is 14.6. The van der Waals surface area contributed by atoms with E-state index in [0.717, 1.165) is 18.3 Å². The van der Waals surface area contributed by atoms with Crippen molar-refractivity contribution in [3.05, 3.63) is 5.82 Å². The number of hydrogen-bond donors (Lipinski definition) is 0. The summed E-state index contributed by atoms with van der Waals surface area (Å²) in [4.78, 5) is 5.43. The molecule has 2 heterocycles. The lowest BCUT2D eigenvalue weighted by atomic mass is 9.93. The minimum Gasteiger partial charge on any atom is -0.298 e. The highest BCUT2D eigenvalue weighted by Gasteiger charge is 2.32. The molecule has 4 rings (SSSR count). The fourth-order valence-corrected chi connectivity index (χ4v) is 5.44. The van der Waals surface area contributed by atoms with Crippen molar-refractivity contribution >= 4 is 0 Å². The summed E-state index contributed by atoms with van der Waals surface area (Å²) < 4.78 is 2.18. The number of tetrazole rings is 1. The van der Waals surface area contributed by atoms with Gasteiger partial charge in [-0.1, -0.05) is 45.4 Å². The fraction of sp³-hybridized carbons (Fsp3) is 0.950. The lowest BCUT2D eigenvalue weighted by Crippen LogP contribution is -2.51. The van der Waals surface area contributed by atoms with Crippen LogP contribution in [0.3, 0.4) is 0 Å². The maximum atomic E-state index is 4.51. The average Bonchev–Trinajstić information content (AvgIpc) is 3.38. The Balaban J connectivity index is 1.42. The van der Waals surface area contributed by atoms with Gasteiger partial charge in [-0.05, 0) is 42.5 Å². The number of rotatable bonds is 6. The van der Waals surface area contributed by atoms with E-state index in [1.807, 2.05) is 0 Å². The number of hydrogen-bond acceptors (Lipinski definition) is 5. The van der Waals surface area contributed by atoms with Crippen LogP contribution in [0.4, 0.5) is 0 Å². The molecule has 0 N–H and O–H groups in total. The predicted molar refractivity (Wildman–Crippen MR) is 103 cm³/mol. The van der Waals surface area contributed by atoms with Gasteiger partial charge in [-0.3, -0.25) is 9.80 Å². The van der Waals surface area contributed by atoms with Crippen molar-refractivity contribution in [3.63, 3.8) is 0 Å². The quantitative estimate of drug-likeness (QED) is 0.776. The van der Waals surface area contributed by atoms with Crippen molar-refractivity contribution in [2.24, 2.45) is 0 Å². The maximum Gasteiger partial charge on any atom is 0.168 e. The van der Waals surface area contributed by atoms with Gasteiger partial charge in [0.2, 0.25) is 0 Å². The molecule has 1 saturated heterocycles. The van der Waals surface area contributed by atoms with Crippen LogP contribution in [0.25, 0.3) is 0 Å². The minimum atomic E-state index is 0.393. The first-order valence-corrected chi connectivity index (χ1v) is 11.1. The van der Waals surface area contributed by atoms with E-state index in [1.165, 1.54) is 90.4 Å². The van der Waals surface area contributed by atoms with Crippen LogP contribution >= 0.6 is 0 Å². The van der Waals surface area contributed by atoms with E-state index in [-0.39, 0.29) is 0 Å². The van der Waals surface area contributed by atoms with Crippen LogP contribution in [0.2, 0.25) is 0 Å². The van der Waals surface area contributed by atoms with E-state index >= 15 is 0 Å². The van der Waals surface area contributed by atoms with Gasteiger partial charge in [0, 0.05) is 32.2 Å². The summed E-state index contributed by atoms with van der Waals surface area (Å²) in [5.41, 5.74) is 0. The molecular weight excluding hydrogens is 324 g/mol. The summed E-state index contributed by atoms with van der Waals surface area (Å²) in [6, 6.07) is 1.77. The highest BCUT2D eigenvalue weighted by Crippen LogP contribution is 2.33. The molecule has 6 nitrogen and oxygen atoms in total. The molecule has 0 unspecified atom stereocenters. The molecule has 2 aliphatic carbocycles. The third kappa shape index (κ3) is 3.96. The van der Waals surface area contributed by atoms with Crippen LogP contribution in [0, 0.1) is 0 Å². The second-order valence-corrected chi connectivity index (χ2v) is 8.59.